The SMILES string of the molecule is Cc1ccc(C(=O)N2CCC(c3ccccc3)CC2)cc1NC(=O)NC(C)C. The summed E-state index contributed by atoms with van der Waals surface area (Å²) in [5.74, 6) is 0.541. The fraction of sp³-hybridized carbons (Fsp3) is 0.391. The van der Waals surface area contributed by atoms with Crippen LogP contribution < -0.4 is 10.6 Å². The number of piperidine rings is 1. The van der Waals surface area contributed by atoms with E-state index in [9.17, 15) is 9.59 Å². The third-order valence-corrected chi connectivity index (χ3v) is 5.21. The Labute approximate surface area is 167 Å². The highest BCUT2D eigenvalue weighted by Gasteiger charge is 2.25. The van der Waals surface area contributed by atoms with E-state index >= 15 is 0 Å². The summed E-state index contributed by atoms with van der Waals surface area (Å²) in [6, 6.07) is 15.8. The molecule has 5 heteroatoms. The smallest absolute Gasteiger partial charge is 0.319 e. The standard InChI is InChI=1S/C23H29N3O2/c1-16(2)24-23(28)25-21-15-20(10-9-17(21)3)22(27)26-13-11-19(12-14-26)18-7-5-4-6-8-18/h4-10,15-16,19H,11-14H2,1-3H3,(H2,24,25,28). The van der Waals surface area contributed by atoms with Crippen molar-refractivity contribution in [3.05, 3.63) is 65.2 Å². The van der Waals surface area contributed by atoms with E-state index in [0.29, 0.717) is 17.2 Å². The first-order chi connectivity index (χ1) is 13.4. The van der Waals surface area contributed by atoms with Crippen molar-refractivity contribution in [2.45, 2.75) is 45.6 Å². The number of carbonyl (C=O) groups excluding carboxylic acids is 2. The molecule has 0 unspecified atom stereocenters. The summed E-state index contributed by atoms with van der Waals surface area (Å²) < 4.78 is 0. The number of anilines is 1. The van der Waals surface area contributed by atoms with E-state index in [1.807, 2.05) is 43.9 Å². The number of hydrogen-bond acceptors (Lipinski definition) is 2. The number of nitrogens with zero attached hydrogens (tertiary/aromatic N) is 1. The Kier molecular flexibility index (Phi) is 6.34. The second-order valence-electron chi connectivity index (χ2n) is 7.76. The van der Waals surface area contributed by atoms with Crippen molar-refractivity contribution in [3.63, 3.8) is 0 Å². The molecule has 0 bridgehead atoms. The molecule has 28 heavy (non-hydrogen) atoms. The lowest BCUT2D eigenvalue weighted by atomic mass is 9.89. The summed E-state index contributed by atoms with van der Waals surface area (Å²) in [5, 5.41) is 5.65. The number of rotatable bonds is 4. The lowest BCUT2D eigenvalue weighted by molar-refractivity contribution is 0.0713. The van der Waals surface area contributed by atoms with Gasteiger partial charge in [-0.3, -0.25) is 4.79 Å². The van der Waals surface area contributed by atoms with Gasteiger partial charge >= 0.3 is 6.03 Å². The quantitative estimate of drug-likeness (QED) is 0.819. The molecule has 0 atom stereocenters. The molecule has 0 saturated carbocycles. The van der Waals surface area contributed by atoms with Crippen molar-refractivity contribution in [1.29, 1.82) is 0 Å². The van der Waals surface area contributed by atoms with Crippen molar-refractivity contribution < 1.29 is 9.59 Å². The Hall–Kier alpha value is -2.82. The normalized spacial score (nSPS) is 14.8. The number of nitrogens with one attached hydrogen (secondary N) is 2. The molecule has 1 aliphatic rings. The van der Waals surface area contributed by atoms with Crippen LogP contribution in [-0.2, 0) is 0 Å². The van der Waals surface area contributed by atoms with Crippen LogP contribution in [0.2, 0.25) is 0 Å². The zero-order valence-electron chi connectivity index (χ0n) is 16.9. The predicted molar refractivity (Wildman–Crippen MR) is 113 cm³/mol. The molecule has 1 fully saturated rings. The van der Waals surface area contributed by atoms with Gasteiger partial charge in [0.15, 0.2) is 0 Å². The minimum absolute atomic E-state index is 0.0267. The van der Waals surface area contributed by atoms with Gasteiger partial charge in [0.25, 0.3) is 5.91 Å². The van der Waals surface area contributed by atoms with E-state index in [0.717, 1.165) is 31.5 Å². The van der Waals surface area contributed by atoms with Gasteiger partial charge in [0.2, 0.25) is 0 Å². The average molecular weight is 380 g/mol. The van der Waals surface area contributed by atoms with Crippen LogP contribution in [0.1, 0.15) is 54.1 Å². The Morgan fingerprint density at radius 3 is 2.36 bits per heavy atom. The third kappa shape index (κ3) is 4.91. The van der Waals surface area contributed by atoms with E-state index in [1.165, 1.54) is 5.56 Å². The van der Waals surface area contributed by atoms with Crippen LogP contribution in [0.15, 0.2) is 48.5 Å². The number of likely N-dealkylation sites (tertiary alicyclic amines) is 1. The lowest BCUT2D eigenvalue weighted by Gasteiger charge is -2.32. The summed E-state index contributed by atoms with van der Waals surface area (Å²) in [5.41, 5.74) is 3.57. The van der Waals surface area contributed by atoms with E-state index in [-0.39, 0.29) is 18.0 Å². The van der Waals surface area contributed by atoms with Crippen LogP contribution in [-0.4, -0.2) is 36.0 Å². The summed E-state index contributed by atoms with van der Waals surface area (Å²) in [7, 11) is 0. The number of aryl methyl sites for hydroxylation is 1. The van der Waals surface area contributed by atoms with Gasteiger partial charge in [-0.05, 0) is 62.8 Å². The van der Waals surface area contributed by atoms with Crippen molar-refractivity contribution in [3.8, 4) is 0 Å². The molecular formula is C23H29N3O2. The zero-order valence-corrected chi connectivity index (χ0v) is 16.9. The van der Waals surface area contributed by atoms with E-state index in [4.69, 9.17) is 0 Å². The summed E-state index contributed by atoms with van der Waals surface area (Å²) in [6.45, 7) is 7.24. The summed E-state index contributed by atoms with van der Waals surface area (Å²) in [6.07, 6.45) is 1.95. The van der Waals surface area contributed by atoms with Gasteiger partial charge in [0, 0.05) is 30.4 Å². The summed E-state index contributed by atoms with van der Waals surface area (Å²) >= 11 is 0. The van der Waals surface area contributed by atoms with Crippen LogP contribution in [0, 0.1) is 6.92 Å². The molecule has 1 saturated heterocycles. The second-order valence-corrected chi connectivity index (χ2v) is 7.76. The maximum absolute atomic E-state index is 13.0. The topological polar surface area (TPSA) is 61.4 Å². The summed E-state index contributed by atoms with van der Waals surface area (Å²) in [4.78, 5) is 26.9. The number of urea groups is 1. The van der Waals surface area contributed by atoms with Crippen LogP contribution in [0.3, 0.4) is 0 Å². The van der Waals surface area contributed by atoms with Gasteiger partial charge in [0.05, 0.1) is 0 Å². The number of benzene rings is 2. The molecule has 148 valence electrons. The van der Waals surface area contributed by atoms with Gasteiger partial charge in [-0.2, -0.15) is 0 Å². The van der Waals surface area contributed by atoms with Gasteiger partial charge in [0.1, 0.15) is 0 Å². The Balaban J connectivity index is 1.64. The Morgan fingerprint density at radius 2 is 1.71 bits per heavy atom. The van der Waals surface area contributed by atoms with Crippen LogP contribution in [0.25, 0.3) is 0 Å². The van der Waals surface area contributed by atoms with E-state index < -0.39 is 0 Å². The maximum atomic E-state index is 13.0. The molecule has 3 amide bonds. The van der Waals surface area contributed by atoms with E-state index in [2.05, 4.69) is 34.9 Å². The Bertz CT molecular complexity index is 825. The van der Waals surface area contributed by atoms with Crippen molar-refractivity contribution >= 4 is 17.6 Å². The zero-order chi connectivity index (χ0) is 20.1. The highest BCUT2D eigenvalue weighted by atomic mass is 16.2. The van der Waals surface area contributed by atoms with Gasteiger partial charge < -0.3 is 15.5 Å². The van der Waals surface area contributed by atoms with Crippen molar-refractivity contribution in [2.24, 2.45) is 0 Å². The van der Waals surface area contributed by atoms with Gasteiger partial charge in [-0.25, -0.2) is 4.79 Å². The van der Waals surface area contributed by atoms with Crippen molar-refractivity contribution in [1.82, 2.24) is 10.2 Å². The highest BCUT2D eigenvalue weighted by Crippen LogP contribution is 2.29. The third-order valence-electron chi connectivity index (χ3n) is 5.21. The predicted octanol–water partition coefficient (Wildman–Crippen LogP) is 4.54. The molecule has 0 spiro atoms. The highest BCUT2D eigenvalue weighted by molar-refractivity contribution is 5.97. The largest absolute Gasteiger partial charge is 0.339 e. The lowest BCUT2D eigenvalue weighted by Crippen LogP contribution is -2.38. The number of hydrogen-bond donors (Lipinski definition) is 2. The molecule has 3 rings (SSSR count). The van der Waals surface area contributed by atoms with Crippen LogP contribution >= 0.6 is 0 Å². The van der Waals surface area contributed by atoms with Crippen LogP contribution in [0.4, 0.5) is 10.5 Å². The minimum Gasteiger partial charge on any atom is -0.339 e. The first kappa shape index (κ1) is 19.9. The second kappa shape index (κ2) is 8.91. The maximum Gasteiger partial charge on any atom is 0.319 e. The van der Waals surface area contributed by atoms with Gasteiger partial charge in [-0.15, -0.1) is 0 Å². The van der Waals surface area contributed by atoms with Crippen molar-refractivity contribution in [2.75, 3.05) is 18.4 Å². The fourth-order valence-electron chi connectivity index (χ4n) is 3.63. The van der Waals surface area contributed by atoms with Gasteiger partial charge in [-0.1, -0.05) is 36.4 Å². The first-order valence-electron chi connectivity index (χ1n) is 9.96. The van der Waals surface area contributed by atoms with E-state index in [1.54, 1.807) is 6.07 Å². The average Bonchev–Trinajstić information content (AvgIpc) is 2.69. The molecule has 0 aromatic heterocycles. The molecule has 0 radical (unpaired) electrons. The first-order valence-corrected chi connectivity index (χ1v) is 9.96. The molecule has 5 nitrogen and oxygen atoms in total. The molecule has 0 aliphatic carbocycles. The minimum atomic E-state index is -0.258. The molecule has 2 N–H and O–H groups in total. The molecule has 1 aliphatic heterocycles. The fourth-order valence-corrected chi connectivity index (χ4v) is 3.63. The Morgan fingerprint density at radius 1 is 1.04 bits per heavy atom. The number of amides is 3. The monoisotopic (exact) mass is 379 g/mol. The number of carbonyl (C=O) groups is 2. The molecule has 1 heterocycles. The van der Waals surface area contributed by atoms with Crippen LogP contribution in [0.5, 0.6) is 0 Å². The molecule has 2 aromatic carbocycles. The molecule has 2 aromatic rings. The molecular weight excluding hydrogens is 350 g/mol.